The Morgan fingerprint density at radius 3 is 2.07 bits per heavy atom. The number of carbonyl (C=O) groups is 1. The summed E-state index contributed by atoms with van der Waals surface area (Å²) in [5.41, 5.74) is 0.0574. The minimum atomic E-state index is -0.565. The lowest BCUT2D eigenvalue weighted by molar-refractivity contribution is -0.158. The Bertz CT molecular complexity index is 243. The van der Waals surface area contributed by atoms with Crippen LogP contribution in [-0.2, 0) is 4.79 Å². The maximum atomic E-state index is 11.2. The van der Waals surface area contributed by atoms with Crippen LogP contribution in [0.15, 0.2) is 12.7 Å². The molecule has 3 rings (SSSR count). The molecule has 2 heteroatoms. The second kappa shape index (κ2) is 3.11. The third-order valence-electron chi connectivity index (χ3n) is 4.43. The molecule has 0 aliphatic heterocycles. The van der Waals surface area contributed by atoms with Gasteiger partial charge in [-0.1, -0.05) is 6.08 Å². The highest BCUT2D eigenvalue weighted by Gasteiger charge is 2.51. The Kier molecular flexibility index (Phi) is 2.17. The number of fused-ring (bicyclic) bond motifs is 3. The van der Waals surface area contributed by atoms with Gasteiger partial charge in [0, 0.05) is 0 Å². The van der Waals surface area contributed by atoms with Crippen molar-refractivity contribution in [3.05, 3.63) is 12.7 Å². The molecule has 78 valence electrons. The summed E-state index contributed by atoms with van der Waals surface area (Å²) < 4.78 is 0. The van der Waals surface area contributed by atoms with E-state index >= 15 is 0 Å². The van der Waals surface area contributed by atoms with Crippen LogP contribution in [-0.4, -0.2) is 11.1 Å². The van der Waals surface area contributed by atoms with Crippen LogP contribution < -0.4 is 0 Å². The van der Waals surface area contributed by atoms with Gasteiger partial charge >= 0.3 is 5.97 Å². The van der Waals surface area contributed by atoms with Gasteiger partial charge in [-0.15, -0.1) is 6.58 Å². The molecule has 0 aromatic heterocycles. The maximum Gasteiger partial charge on any atom is 0.309 e. The summed E-state index contributed by atoms with van der Waals surface area (Å²) in [6, 6.07) is 0. The van der Waals surface area contributed by atoms with Crippen LogP contribution in [0.2, 0.25) is 0 Å². The zero-order valence-corrected chi connectivity index (χ0v) is 8.59. The van der Waals surface area contributed by atoms with E-state index < -0.39 is 5.97 Å². The summed E-state index contributed by atoms with van der Waals surface area (Å²) in [7, 11) is 0. The summed E-state index contributed by atoms with van der Waals surface area (Å²) in [5, 5.41) is 9.21. The second-order valence-electron chi connectivity index (χ2n) is 5.08. The molecule has 14 heavy (non-hydrogen) atoms. The number of carboxylic acid groups (broad SMARTS) is 1. The summed E-state index contributed by atoms with van der Waals surface area (Å²) in [4.78, 5) is 11.2. The van der Waals surface area contributed by atoms with E-state index in [1.165, 1.54) is 0 Å². The molecule has 0 saturated heterocycles. The molecule has 0 atom stereocenters. The fourth-order valence-corrected chi connectivity index (χ4v) is 3.20. The van der Waals surface area contributed by atoms with Crippen molar-refractivity contribution >= 4 is 5.97 Å². The number of hydrogen-bond acceptors (Lipinski definition) is 1. The van der Waals surface area contributed by atoms with E-state index in [0.717, 1.165) is 44.9 Å². The third-order valence-corrected chi connectivity index (χ3v) is 4.43. The molecule has 0 aromatic rings. The monoisotopic (exact) mass is 194 g/mol. The summed E-state index contributed by atoms with van der Waals surface area (Å²) in [6.07, 6.45) is 8.99. The van der Waals surface area contributed by atoms with Crippen LogP contribution in [0.1, 0.15) is 44.9 Å². The Morgan fingerprint density at radius 1 is 1.21 bits per heavy atom. The van der Waals surface area contributed by atoms with E-state index in [1.807, 2.05) is 6.08 Å². The van der Waals surface area contributed by atoms with Crippen molar-refractivity contribution in [1.82, 2.24) is 0 Å². The van der Waals surface area contributed by atoms with Crippen LogP contribution in [0.4, 0.5) is 0 Å². The molecule has 0 amide bonds. The molecule has 0 unspecified atom stereocenters. The van der Waals surface area contributed by atoms with Gasteiger partial charge in [0.25, 0.3) is 0 Å². The smallest absolute Gasteiger partial charge is 0.309 e. The van der Waals surface area contributed by atoms with E-state index in [1.54, 1.807) is 0 Å². The number of aliphatic carboxylic acids is 1. The first-order chi connectivity index (χ1) is 6.63. The van der Waals surface area contributed by atoms with Crippen molar-refractivity contribution < 1.29 is 9.90 Å². The fraction of sp³-hybridized carbons (Fsp3) is 0.750. The molecule has 1 N–H and O–H groups in total. The number of hydrogen-bond donors (Lipinski definition) is 1. The average Bonchev–Trinajstić information content (AvgIpc) is 2.20. The zero-order valence-electron chi connectivity index (χ0n) is 8.59. The van der Waals surface area contributed by atoms with E-state index in [4.69, 9.17) is 0 Å². The third kappa shape index (κ3) is 1.28. The SMILES string of the molecule is C=CCC12CCC(C(=O)O)(CC1)CC2. The lowest BCUT2D eigenvalue weighted by atomic mass is 9.53. The number of allylic oxidation sites excluding steroid dienone is 1. The largest absolute Gasteiger partial charge is 0.481 e. The van der Waals surface area contributed by atoms with Crippen LogP contribution in [0.5, 0.6) is 0 Å². The first-order valence-corrected chi connectivity index (χ1v) is 5.47. The molecule has 3 aliphatic rings. The highest BCUT2D eigenvalue weighted by Crippen LogP contribution is 2.58. The highest BCUT2D eigenvalue weighted by molar-refractivity contribution is 5.75. The second-order valence-corrected chi connectivity index (χ2v) is 5.08. The van der Waals surface area contributed by atoms with Gasteiger partial charge < -0.3 is 5.11 Å². The van der Waals surface area contributed by atoms with Gasteiger partial charge in [0.05, 0.1) is 5.41 Å². The molecule has 3 aliphatic carbocycles. The van der Waals surface area contributed by atoms with Crippen molar-refractivity contribution in [3.63, 3.8) is 0 Å². The van der Waals surface area contributed by atoms with E-state index in [0.29, 0.717) is 5.41 Å². The van der Waals surface area contributed by atoms with Crippen molar-refractivity contribution in [1.29, 1.82) is 0 Å². The maximum absolute atomic E-state index is 11.2. The average molecular weight is 194 g/mol. The van der Waals surface area contributed by atoms with Crippen LogP contribution in [0, 0.1) is 10.8 Å². The van der Waals surface area contributed by atoms with Crippen LogP contribution in [0.3, 0.4) is 0 Å². The number of rotatable bonds is 3. The molecular formula is C12H18O2. The van der Waals surface area contributed by atoms with Crippen molar-refractivity contribution in [2.45, 2.75) is 44.9 Å². The van der Waals surface area contributed by atoms with Gasteiger partial charge in [0.15, 0.2) is 0 Å². The molecule has 3 fully saturated rings. The highest BCUT2D eigenvalue weighted by atomic mass is 16.4. The van der Waals surface area contributed by atoms with Crippen LogP contribution >= 0.6 is 0 Å². The lowest BCUT2D eigenvalue weighted by Gasteiger charge is -2.51. The molecule has 2 bridgehead atoms. The van der Waals surface area contributed by atoms with E-state index in [2.05, 4.69) is 6.58 Å². The predicted octanol–water partition coefficient (Wildman–Crippen LogP) is 2.99. The van der Waals surface area contributed by atoms with E-state index in [-0.39, 0.29) is 5.41 Å². The quantitative estimate of drug-likeness (QED) is 0.701. The minimum absolute atomic E-state index is 0.358. The summed E-state index contributed by atoms with van der Waals surface area (Å²) >= 11 is 0. The Morgan fingerprint density at radius 2 is 1.71 bits per heavy atom. The Hall–Kier alpha value is -0.790. The molecule has 2 nitrogen and oxygen atoms in total. The molecule has 0 spiro atoms. The molecular weight excluding hydrogens is 176 g/mol. The molecule has 0 radical (unpaired) electrons. The zero-order chi connectivity index (χ0) is 10.2. The first-order valence-electron chi connectivity index (χ1n) is 5.47. The molecule has 0 aromatic carbocycles. The van der Waals surface area contributed by atoms with Gasteiger partial charge in [-0.3, -0.25) is 4.79 Å². The van der Waals surface area contributed by atoms with Gasteiger partial charge in [0.1, 0.15) is 0 Å². The van der Waals surface area contributed by atoms with Gasteiger partial charge in [-0.05, 0) is 50.4 Å². The topological polar surface area (TPSA) is 37.3 Å². The molecule has 3 saturated carbocycles. The normalized spacial score (nSPS) is 40.9. The van der Waals surface area contributed by atoms with E-state index in [9.17, 15) is 9.90 Å². The Labute approximate surface area is 85.0 Å². The molecule has 0 heterocycles. The van der Waals surface area contributed by atoms with Gasteiger partial charge in [0.2, 0.25) is 0 Å². The van der Waals surface area contributed by atoms with Crippen molar-refractivity contribution in [2.75, 3.05) is 0 Å². The Balaban J connectivity index is 2.12. The summed E-state index contributed by atoms with van der Waals surface area (Å²) in [5.74, 6) is -0.565. The van der Waals surface area contributed by atoms with Crippen molar-refractivity contribution in [3.8, 4) is 0 Å². The minimum Gasteiger partial charge on any atom is -0.481 e. The predicted molar refractivity (Wildman–Crippen MR) is 55.0 cm³/mol. The van der Waals surface area contributed by atoms with Gasteiger partial charge in [-0.2, -0.15) is 0 Å². The van der Waals surface area contributed by atoms with Gasteiger partial charge in [-0.25, -0.2) is 0 Å². The number of carboxylic acids is 1. The first kappa shape index (κ1) is 9.75. The fourth-order valence-electron chi connectivity index (χ4n) is 3.20. The van der Waals surface area contributed by atoms with Crippen LogP contribution in [0.25, 0.3) is 0 Å². The lowest BCUT2D eigenvalue weighted by Crippen LogP contribution is -2.45. The summed E-state index contributed by atoms with van der Waals surface area (Å²) in [6.45, 7) is 3.80. The van der Waals surface area contributed by atoms with Crippen molar-refractivity contribution in [2.24, 2.45) is 10.8 Å². The standard InChI is InChI=1S/C12H18O2/c1-2-3-11-4-7-12(8-5-11,9-6-11)10(13)14/h2H,1,3-9H2,(H,13,14).